The molecule has 1 nitrogen and oxygen atoms in total. The summed E-state index contributed by atoms with van der Waals surface area (Å²) in [7, 11) is 0. The topological polar surface area (TPSA) is 12.0 Å². The second kappa shape index (κ2) is 2.76. The average molecular weight is 205 g/mol. The van der Waals surface area contributed by atoms with Crippen LogP contribution in [0, 0.1) is 5.92 Å². The number of benzene rings is 1. The van der Waals surface area contributed by atoms with E-state index in [0.717, 1.165) is 0 Å². The summed E-state index contributed by atoms with van der Waals surface area (Å²) >= 11 is 0. The molecule has 0 amide bonds. The average Bonchev–Trinajstić information content (AvgIpc) is 2.68. The zero-order chi connectivity index (χ0) is 10.5. The second-order valence-electron chi connectivity index (χ2n) is 4.33. The predicted octanol–water partition coefficient (Wildman–Crippen LogP) is 3.10. The number of nitrogens with one attached hydrogen (secondary N) is 1. The molecule has 1 unspecified atom stereocenters. The fourth-order valence-electron chi connectivity index (χ4n) is 2.81. The van der Waals surface area contributed by atoms with E-state index in [-0.39, 0.29) is 0 Å². The Morgan fingerprint density at radius 2 is 1.88 bits per heavy atom. The highest BCUT2D eigenvalue weighted by molar-refractivity contribution is 6.02. The van der Waals surface area contributed by atoms with Crippen molar-refractivity contribution >= 4 is 11.3 Å². The summed E-state index contributed by atoms with van der Waals surface area (Å²) in [5.74, 6) is 0.448. The van der Waals surface area contributed by atoms with Crippen molar-refractivity contribution in [3.05, 3.63) is 71.5 Å². The Morgan fingerprint density at radius 3 is 2.81 bits per heavy atom. The molecule has 1 heteroatoms. The molecule has 0 fully saturated rings. The molecule has 0 radical (unpaired) electrons. The summed E-state index contributed by atoms with van der Waals surface area (Å²) in [6, 6.07) is 8.61. The van der Waals surface area contributed by atoms with E-state index in [4.69, 9.17) is 0 Å². The summed E-state index contributed by atoms with van der Waals surface area (Å²) in [5.41, 5.74) is 6.81. The van der Waals surface area contributed by atoms with Crippen LogP contribution in [0.1, 0.15) is 11.1 Å². The molecule has 3 aliphatic rings. The van der Waals surface area contributed by atoms with Gasteiger partial charge in [-0.1, -0.05) is 48.6 Å². The van der Waals surface area contributed by atoms with Crippen molar-refractivity contribution in [2.24, 2.45) is 5.92 Å². The smallest absolute Gasteiger partial charge is 0.0507 e. The second-order valence-corrected chi connectivity index (χ2v) is 4.33. The monoisotopic (exact) mass is 205 g/mol. The van der Waals surface area contributed by atoms with Crippen LogP contribution in [-0.2, 0) is 0 Å². The normalized spacial score (nSPS) is 23.8. The van der Waals surface area contributed by atoms with Crippen LogP contribution in [0.2, 0.25) is 0 Å². The van der Waals surface area contributed by atoms with Crippen LogP contribution < -0.4 is 5.32 Å². The molecule has 1 N–H and O–H groups in total. The van der Waals surface area contributed by atoms with E-state index in [2.05, 4.69) is 60.1 Å². The molecule has 0 aromatic heterocycles. The van der Waals surface area contributed by atoms with Gasteiger partial charge in [-0.2, -0.15) is 0 Å². The van der Waals surface area contributed by atoms with Crippen molar-refractivity contribution < 1.29 is 0 Å². The molecular weight excluding hydrogens is 194 g/mol. The minimum Gasteiger partial charge on any atom is -0.361 e. The van der Waals surface area contributed by atoms with E-state index in [9.17, 15) is 0 Å². The lowest BCUT2D eigenvalue weighted by atomic mass is 9.87. The van der Waals surface area contributed by atoms with Crippen LogP contribution in [0.5, 0.6) is 0 Å². The van der Waals surface area contributed by atoms with E-state index < -0.39 is 0 Å². The Hall–Kier alpha value is -2.02. The molecule has 0 spiro atoms. The lowest BCUT2D eigenvalue weighted by Crippen LogP contribution is -2.14. The maximum atomic E-state index is 3.39. The lowest BCUT2D eigenvalue weighted by Gasteiger charge is -2.21. The van der Waals surface area contributed by atoms with Crippen LogP contribution in [0.3, 0.4) is 0 Å². The number of rotatable bonds is 0. The van der Waals surface area contributed by atoms with Gasteiger partial charge in [-0.05, 0) is 22.9 Å². The van der Waals surface area contributed by atoms with Gasteiger partial charge in [0.05, 0.1) is 5.70 Å². The molecule has 16 heavy (non-hydrogen) atoms. The molecule has 4 rings (SSSR count). The van der Waals surface area contributed by atoms with Crippen molar-refractivity contribution in [3.8, 4) is 0 Å². The van der Waals surface area contributed by atoms with Crippen LogP contribution in [-0.4, -0.2) is 0 Å². The lowest BCUT2D eigenvalue weighted by molar-refractivity contribution is 0.953. The van der Waals surface area contributed by atoms with Gasteiger partial charge in [0.2, 0.25) is 0 Å². The predicted molar refractivity (Wildman–Crippen MR) is 66.2 cm³/mol. The van der Waals surface area contributed by atoms with Crippen LogP contribution in [0.4, 0.5) is 0 Å². The van der Waals surface area contributed by atoms with Gasteiger partial charge in [-0.15, -0.1) is 0 Å². The summed E-state index contributed by atoms with van der Waals surface area (Å²) in [4.78, 5) is 0. The molecule has 76 valence electrons. The number of fused-ring (bicyclic) bond motifs is 3. The van der Waals surface area contributed by atoms with Gasteiger partial charge < -0.3 is 5.32 Å². The first-order chi connectivity index (χ1) is 7.95. The Balaban J connectivity index is 2.06. The van der Waals surface area contributed by atoms with Gasteiger partial charge in [0.15, 0.2) is 0 Å². The summed E-state index contributed by atoms with van der Waals surface area (Å²) < 4.78 is 0. The molecule has 2 aliphatic carbocycles. The fraction of sp³-hybridized carbons (Fsp3) is 0.0667. The van der Waals surface area contributed by atoms with E-state index in [1.54, 1.807) is 0 Å². The third-order valence-electron chi connectivity index (χ3n) is 3.49. The first kappa shape index (κ1) is 8.17. The van der Waals surface area contributed by atoms with Gasteiger partial charge >= 0.3 is 0 Å². The minimum atomic E-state index is 0.448. The van der Waals surface area contributed by atoms with Crippen LogP contribution in [0.15, 0.2) is 60.3 Å². The molecule has 1 aromatic carbocycles. The molecule has 0 saturated heterocycles. The summed E-state index contributed by atoms with van der Waals surface area (Å²) in [5, 5.41) is 3.39. The number of allylic oxidation sites excluding steroid dienone is 6. The highest BCUT2D eigenvalue weighted by Crippen LogP contribution is 2.46. The molecule has 1 atom stereocenters. The quantitative estimate of drug-likeness (QED) is 0.686. The molecule has 1 heterocycles. The molecule has 0 saturated carbocycles. The standard InChI is InChI=1S/C15H11N/c1-2-6-13-11(5-1)12-7-3-4-10-8-9-16-15(13)14(10)12/h1-10,16H. The molecule has 1 aliphatic heterocycles. The van der Waals surface area contributed by atoms with Gasteiger partial charge in [-0.25, -0.2) is 0 Å². The third-order valence-corrected chi connectivity index (χ3v) is 3.49. The Morgan fingerprint density at radius 1 is 1.00 bits per heavy atom. The maximum absolute atomic E-state index is 3.39. The van der Waals surface area contributed by atoms with E-state index >= 15 is 0 Å². The molecule has 0 bridgehead atoms. The number of hydrogen-bond donors (Lipinski definition) is 1. The summed E-state index contributed by atoms with van der Waals surface area (Å²) in [6.45, 7) is 0. The molecular formula is C15H11N. The van der Waals surface area contributed by atoms with E-state index in [0.29, 0.717) is 5.92 Å². The van der Waals surface area contributed by atoms with Gasteiger partial charge in [-0.3, -0.25) is 0 Å². The third kappa shape index (κ3) is 0.860. The van der Waals surface area contributed by atoms with Crippen molar-refractivity contribution in [1.82, 2.24) is 5.32 Å². The highest BCUT2D eigenvalue weighted by atomic mass is 14.9. The maximum Gasteiger partial charge on any atom is 0.0507 e. The van der Waals surface area contributed by atoms with Crippen molar-refractivity contribution in [1.29, 1.82) is 0 Å². The number of dihydropyridines is 1. The Bertz CT molecular complexity index is 600. The van der Waals surface area contributed by atoms with E-state index in [1.807, 2.05) is 0 Å². The minimum absolute atomic E-state index is 0.448. The zero-order valence-corrected chi connectivity index (χ0v) is 8.77. The van der Waals surface area contributed by atoms with Crippen LogP contribution in [0.25, 0.3) is 11.3 Å². The van der Waals surface area contributed by atoms with Gasteiger partial charge in [0.1, 0.15) is 0 Å². The van der Waals surface area contributed by atoms with E-state index in [1.165, 1.54) is 28.0 Å². The first-order valence-electron chi connectivity index (χ1n) is 5.61. The SMILES string of the molecule is C1=CC2C=CNC3=C2C(=C1)c1ccccc13. The summed E-state index contributed by atoms with van der Waals surface area (Å²) in [6.07, 6.45) is 10.9. The van der Waals surface area contributed by atoms with Crippen molar-refractivity contribution in [3.63, 3.8) is 0 Å². The van der Waals surface area contributed by atoms with Crippen molar-refractivity contribution in [2.45, 2.75) is 0 Å². The first-order valence-corrected chi connectivity index (χ1v) is 5.61. The fourth-order valence-corrected chi connectivity index (χ4v) is 2.81. The van der Waals surface area contributed by atoms with Gasteiger partial charge in [0.25, 0.3) is 0 Å². The van der Waals surface area contributed by atoms with Crippen LogP contribution >= 0.6 is 0 Å². The van der Waals surface area contributed by atoms with Gasteiger partial charge in [0, 0.05) is 11.5 Å². The zero-order valence-electron chi connectivity index (χ0n) is 8.77. The highest BCUT2D eigenvalue weighted by Gasteiger charge is 2.31. The largest absolute Gasteiger partial charge is 0.361 e. The van der Waals surface area contributed by atoms with Crippen molar-refractivity contribution in [2.75, 3.05) is 0 Å². The Labute approximate surface area is 94.5 Å². The Kier molecular flexibility index (Phi) is 1.41. The number of hydrogen-bond acceptors (Lipinski definition) is 1. The molecule has 1 aromatic rings.